The number of aliphatic carboxylic acids is 1. The van der Waals surface area contributed by atoms with Gasteiger partial charge >= 0.3 is 5.97 Å². The van der Waals surface area contributed by atoms with Crippen LogP contribution < -0.4 is 0 Å². The maximum Gasteiger partial charge on any atom is 0.328 e. The molecule has 0 aromatic rings. The van der Waals surface area contributed by atoms with E-state index in [4.69, 9.17) is 5.11 Å². The van der Waals surface area contributed by atoms with Gasteiger partial charge in [-0.3, -0.25) is 0 Å². The van der Waals surface area contributed by atoms with Gasteiger partial charge < -0.3 is 5.11 Å². The van der Waals surface area contributed by atoms with E-state index in [2.05, 4.69) is 46.4 Å². The van der Waals surface area contributed by atoms with Crippen molar-refractivity contribution in [2.45, 2.75) is 48.0 Å². The van der Waals surface area contributed by atoms with Crippen molar-refractivity contribution in [1.82, 2.24) is 0 Å². The standard InChI is InChI=1S/C20H30O2/c1-8-20(6,7)18(15(2)3)13-12-16(4)10-9-11-17(5)14-19(21)22/h9-14,18H,2,8H2,1,3-7H3,(H,21,22). The maximum absolute atomic E-state index is 10.5. The molecule has 0 saturated heterocycles. The summed E-state index contributed by atoms with van der Waals surface area (Å²) in [4.78, 5) is 10.5. The van der Waals surface area contributed by atoms with Crippen molar-refractivity contribution in [3.8, 4) is 0 Å². The Bertz CT molecular complexity index is 514. The molecule has 0 rings (SSSR count). The van der Waals surface area contributed by atoms with Gasteiger partial charge in [-0.25, -0.2) is 4.79 Å². The fourth-order valence-electron chi connectivity index (χ4n) is 2.21. The molecule has 2 nitrogen and oxygen atoms in total. The van der Waals surface area contributed by atoms with Crippen LogP contribution in [-0.2, 0) is 4.79 Å². The second-order valence-corrected chi connectivity index (χ2v) is 6.52. The van der Waals surface area contributed by atoms with E-state index in [-0.39, 0.29) is 5.41 Å². The van der Waals surface area contributed by atoms with Gasteiger partial charge in [-0.15, -0.1) is 0 Å². The van der Waals surface area contributed by atoms with Crippen molar-refractivity contribution in [1.29, 1.82) is 0 Å². The fraction of sp³-hybridized carbons (Fsp3) is 0.450. The first-order chi connectivity index (χ1) is 10.1. The maximum atomic E-state index is 10.5. The lowest BCUT2D eigenvalue weighted by Crippen LogP contribution is -2.22. The van der Waals surface area contributed by atoms with E-state index in [1.807, 2.05) is 19.1 Å². The van der Waals surface area contributed by atoms with Crippen molar-refractivity contribution in [2.24, 2.45) is 11.3 Å². The first kappa shape index (κ1) is 20.2. The topological polar surface area (TPSA) is 37.3 Å². The number of hydrogen-bond acceptors (Lipinski definition) is 1. The van der Waals surface area contributed by atoms with Gasteiger partial charge in [-0.1, -0.05) is 75.3 Å². The monoisotopic (exact) mass is 302 g/mol. The highest BCUT2D eigenvalue weighted by atomic mass is 16.4. The molecule has 0 bridgehead atoms. The Labute approximate surface area is 135 Å². The molecule has 0 aliphatic rings. The summed E-state index contributed by atoms with van der Waals surface area (Å²) in [6, 6.07) is 0. The van der Waals surface area contributed by atoms with Crippen LogP contribution >= 0.6 is 0 Å². The van der Waals surface area contributed by atoms with Crippen molar-refractivity contribution in [3.63, 3.8) is 0 Å². The first-order valence-corrected chi connectivity index (χ1v) is 7.70. The summed E-state index contributed by atoms with van der Waals surface area (Å²) in [5.41, 5.74) is 3.20. The summed E-state index contributed by atoms with van der Waals surface area (Å²) >= 11 is 0. The Hall–Kier alpha value is -1.83. The van der Waals surface area contributed by atoms with Crippen LogP contribution in [-0.4, -0.2) is 11.1 Å². The number of carbonyl (C=O) groups is 1. The predicted molar refractivity (Wildman–Crippen MR) is 95.8 cm³/mol. The average molecular weight is 302 g/mol. The molecule has 1 unspecified atom stereocenters. The summed E-state index contributed by atoms with van der Waals surface area (Å²) in [7, 11) is 0. The molecule has 0 aromatic carbocycles. The second-order valence-electron chi connectivity index (χ2n) is 6.52. The van der Waals surface area contributed by atoms with Gasteiger partial charge in [0.05, 0.1) is 0 Å². The third-order valence-corrected chi connectivity index (χ3v) is 3.91. The third kappa shape index (κ3) is 7.82. The lowest BCUT2D eigenvalue weighted by molar-refractivity contribution is -0.131. The summed E-state index contributed by atoms with van der Waals surface area (Å²) in [6.07, 6.45) is 12.2. The molecular weight excluding hydrogens is 272 g/mol. The number of carboxylic acids is 1. The smallest absolute Gasteiger partial charge is 0.328 e. The molecule has 0 aliphatic heterocycles. The minimum atomic E-state index is -0.922. The Morgan fingerprint density at radius 2 is 1.77 bits per heavy atom. The Balaban J connectivity index is 4.98. The first-order valence-electron chi connectivity index (χ1n) is 7.70. The van der Waals surface area contributed by atoms with E-state index in [1.165, 1.54) is 11.6 Å². The van der Waals surface area contributed by atoms with Crippen LogP contribution in [0.1, 0.15) is 48.0 Å². The van der Waals surface area contributed by atoms with Gasteiger partial charge in [-0.05, 0) is 31.8 Å². The van der Waals surface area contributed by atoms with E-state index in [9.17, 15) is 4.79 Å². The van der Waals surface area contributed by atoms with Crippen LogP contribution in [0.4, 0.5) is 0 Å². The summed E-state index contributed by atoms with van der Waals surface area (Å²) in [6.45, 7) is 16.7. The molecule has 0 aliphatic carbocycles. The van der Waals surface area contributed by atoms with Gasteiger partial charge in [-0.2, -0.15) is 0 Å². The highest BCUT2D eigenvalue weighted by Gasteiger charge is 2.25. The zero-order valence-electron chi connectivity index (χ0n) is 14.8. The van der Waals surface area contributed by atoms with Crippen molar-refractivity contribution in [2.75, 3.05) is 0 Å². The van der Waals surface area contributed by atoms with Gasteiger partial charge in [0.1, 0.15) is 0 Å². The van der Waals surface area contributed by atoms with Crippen LogP contribution in [0.2, 0.25) is 0 Å². The third-order valence-electron chi connectivity index (χ3n) is 3.91. The molecule has 2 heteroatoms. The Kier molecular flexibility index (Phi) is 8.47. The number of allylic oxidation sites excluding steroid dienone is 8. The minimum Gasteiger partial charge on any atom is -0.478 e. The number of carboxylic acid groups (broad SMARTS) is 1. The van der Waals surface area contributed by atoms with Crippen LogP contribution in [0.3, 0.4) is 0 Å². The molecule has 0 amide bonds. The normalized spacial score (nSPS) is 15.5. The predicted octanol–water partition coefficient (Wildman–Crippen LogP) is 5.70. The van der Waals surface area contributed by atoms with Crippen molar-refractivity contribution >= 4 is 5.97 Å². The van der Waals surface area contributed by atoms with Crippen LogP contribution in [0, 0.1) is 11.3 Å². The molecule has 122 valence electrons. The van der Waals surface area contributed by atoms with Gasteiger partial charge in [0.15, 0.2) is 0 Å². The fourth-order valence-corrected chi connectivity index (χ4v) is 2.21. The van der Waals surface area contributed by atoms with E-state index in [0.717, 1.165) is 12.0 Å². The van der Waals surface area contributed by atoms with Gasteiger partial charge in [0.25, 0.3) is 0 Å². The largest absolute Gasteiger partial charge is 0.478 e. The van der Waals surface area contributed by atoms with E-state index in [1.54, 1.807) is 13.0 Å². The minimum absolute atomic E-state index is 0.194. The highest BCUT2D eigenvalue weighted by Crippen LogP contribution is 2.36. The Morgan fingerprint density at radius 3 is 2.23 bits per heavy atom. The van der Waals surface area contributed by atoms with Crippen LogP contribution in [0.5, 0.6) is 0 Å². The summed E-state index contributed by atoms with van der Waals surface area (Å²) in [5.74, 6) is -0.577. The molecule has 0 spiro atoms. The molecular formula is C20H30O2. The average Bonchev–Trinajstić information content (AvgIpc) is 2.37. The zero-order valence-corrected chi connectivity index (χ0v) is 14.8. The Morgan fingerprint density at radius 1 is 1.18 bits per heavy atom. The molecule has 1 N–H and O–H groups in total. The van der Waals surface area contributed by atoms with E-state index in [0.29, 0.717) is 11.5 Å². The number of hydrogen-bond donors (Lipinski definition) is 1. The van der Waals surface area contributed by atoms with Gasteiger partial charge in [0.2, 0.25) is 0 Å². The van der Waals surface area contributed by atoms with E-state index >= 15 is 0 Å². The number of rotatable bonds is 8. The summed E-state index contributed by atoms with van der Waals surface area (Å²) in [5, 5.41) is 8.64. The SMILES string of the molecule is C=C(C)C(C=CC(C)=CC=CC(C)=CC(=O)O)C(C)(C)CC. The molecule has 0 radical (unpaired) electrons. The van der Waals surface area contributed by atoms with Crippen LogP contribution in [0.15, 0.2) is 59.8 Å². The quantitative estimate of drug-likeness (QED) is 0.354. The van der Waals surface area contributed by atoms with Gasteiger partial charge in [0, 0.05) is 12.0 Å². The molecule has 1 atom stereocenters. The zero-order chi connectivity index (χ0) is 17.3. The van der Waals surface area contributed by atoms with E-state index < -0.39 is 5.97 Å². The lowest BCUT2D eigenvalue weighted by Gasteiger charge is -2.32. The highest BCUT2D eigenvalue weighted by molar-refractivity contribution is 5.81. The molecule has 22 heavy (non-hydrogen) atoms. The summed E-state index contributed by atoms with van der Waals surface area (Å²) < 4.78 is 0. The second kappa shape index (κ2) is 9.24. The molecule has 0 heterocycles. The molecule has 0 aromatic heterocycles. The molecule has 0 fully saturated rings. The lowest BCUT2D eigenvalue weighted by atomic mass is 9.73. The molecule has 0 saturated carbocycles. The van der Waals surface area contributed by atoms with Crippen molar-refractivity contribution in [3.05, 3.63) is 59.8 Å². The van der Waals surface area contributed by atoms with Crippen LogP contribution in [0.25, 0.3) is 0 Å². The van der Waals surface area contributed by atoms with Crippen molar-refractivity contribution < 1.29 is 9.90 Å².